The molecule has 0 N–H and O–H groups in total. The molecule has 0 unspecified atom stereocenters. The summed E-state index contributed by atoms with van der Waals surface area (Å²) in [6, 6.07) is 10.4. The third-order valence-corrected chi connectivity index (χ3v) is 6.01. The minimum absolute atomic E-state index is 0.614. The van der Waals surface area contributed by atoms with Gasteiger partial charge in [-0.1, -0.05) is 42.7 Å². The van der Waals surface area contributed by atoms with E-state index in [0.29, 0.717) is 11.8 Å². The van der Waals surface area contributed by atoms with Crippen molar-refractivity contribution in [2.75, 3.05) is 13.4 Å². The number of thioether (sulfide) groups is 1. The van der Waals surface area contributed by atoms with Gasteiger partial charge in [0.15, 0.2) is 0 Å². The van der Waals surface area contributed by atoms with E-state index in [1.54, 1.807) is 18.9 Å². The maximum atomic E-state index is 6.47. The van der Waals surface area contributed by atoms with E-state index in [4.69, 9.17) is 21.3 Å². The molecule has 0 aliphatic heterocycles. The molecule has 3 rings (SSSR count). The first kappa shape index (κ1) is 18.3. The van der Waals surface area contributed by atoms with Crippen LogP contribution in [0.2, 0.25) is 5.02 Å². The van der Waals surface area contributed by atoms with Crippen molar-refractivity contribution in [1.82, 2.24) is 4.98 Å². The van der Waals surface area contributed by atoms with Gasteiger partial charge in [-0.05, 0) is 55.7 Å². The summed E-state index contributed by atoms with van der Waals surface area (Å²) in [5.41, 5.74) is 4.26. The normalized spacial score (nSPS) is 15.6. The van der Waals surface area contributed by atoms with Crippen LogP contribution in [0.25, 0.3) is 5.57 Å². The monoisotopic (exact) mass is 373 g/mol. The van der Waals surface area contributed by atoms with E-state index in [1.165, 1.54) is 25.7 Å². The molecule has 2 aromatic rings. The van der Waals surface area contributed by atoms with Crippen molar-refractivity contribution in [3.63, 3.8) is 0 Å². The van der Waals surface area contributed by atoms with Gasteiger partial charge in [-0.3, -0.25) is 0 Å². The average Bonchev–Trinajstić information content (AvgIpc) is 3.13. The fraction of sp³-hybridized carbons (Fsp3) is 0.381. The number of aromatic nitrogens is 1. The number of rotatable bonds is 5. The summed E-state index contributed by atoms with van der Waals surface area (Å²) in [7, 11) is 1.67. The number of hydrogen-bond acceptors (Lipinski definition) is 3. The smallest absolute Gasteiger partial charge is 0.216 e. The van der Waals surface area contributed by atoms with Crippen LogP contribution in [-0.2, 0) is 0 Å². The number of aryl methyl sites for hydroxylation is 1. The highest BCUT2D eigenvalue weighted by Gasteiger charge is 2.17. The molecule has 0 spiro atoms. The van der Waals surface area contributed by atoms with Gasteiger partial charge in [0.25, 0.3) is 0 Å². The highest BCUT2D eigenvalue weighted by Crippen LogP contribution is 2.35. The van der Waals surface area contributed by atoms with Crippen LogP contribution in [0.3, 0.4) is 0 Å². The summed E-state index contributed by atoms with van der Waals surface area (Å²) >= 11 is 8.13. The van der Waals surface area contributed by atoms with Crippen molar-refractivity contribution in [3.8, 4) is 5.88 Å². The minimum atomic E-state index is 0.614. The predicted molar refractivity (Wildman–Crippen MR) is 108 cm³/mol. The zero-order valence-corrected chi connectivity index (χ0v) is 16.6. The molecule has 0 saturated heterocycles. The number of ether oxygens (including phenoxy) is 1. The topological polar surface area (TPSA) is 22.1 Å². The van der Waals surface area contributed by atoms with Crippen LogP contribution in [0, 0.1) is 12.8 Å². The largest absolute Gasteiger partial charge is 0.481 e. The molecule has 1 aliphatic carbocycles. The summed E-state index contributed by atoms with van der Waals surface area (Å²) in [6.45, 7) is 2.01. The molecule has 1 saturated carbocycles. The molecule has 0 radical (unpaired) electrons. The van der Waals surface area contributed by atoms with Gasteiger partial charge in [-0.25, -0.2) is 4.98 Å². The van der Waals surface area contributed by atoms with Crippen molar-refractivity contribution in [2.24, 2.45) is 5.92 Å². The Morgan fingerprint density at radius 3 is 2.64 bits per heavy atom. The van der Waals surface area contributed by atoms with E-state index in [9.17, 15) is 0 Å². The van der Waals surface area contributed by atoms with Gasteiger partial charge < -0.3 is 4.74 Å². The van der Waals surface area contributed by atoms with E-state index < -0.39 is 0 Å². The van der Waals surface area contributed by atoms with Crippen LogP contribution in [-0.4, -0.2) is 18.3 Å². The third kappa shape index (κ3) is 4.21. The van der Waals surface area contributed by atoms with Crippen LogP contribution in [0.5, 0.6) is 5.88 Å². The molecule has 0 bridgehead atoms. The maximum Gasteiger partial charge on any atom is 0.216 e. The Kier molecular flexibility index (Phi) is 6.08. The molecule has 132 valence electrons. The zero-order valence-electron chi connectivity index (χ0n) is 15.0. The van der Waals surface area contributed by atoms with Gasteiger partial charge in [0.05, 0.1) is 17.8 Å². The number of nitrogens with zero attached hydrogens (tertiary/aromatic N) is 1. The van der Waals surface area contributed by atoms with Gasteiger partial charge >= 0.3 is 0 Å². The van der Waals surface area contributed by atoms with Crippen LogP contribution in [0.1, 0.15) is 42.5 Å². The molecule has 1 aromatic carbocycles. The Morgan fingerprint density at radius 2 is 2.00 bits per heavy atom. The van der Waals surface area contributed by atoms with Gasteiger partial charge in [0.1, 0.15) is 0 Å². The second-order valence-corrected chi connectivity index (χ2v) is 7.75. The summed E-state index contributed by atoms with van der Waals surface area (Å²) in [6.07, 6.45) is 9.56. The summed E-state index contributed by atoms with van der Waals surface area (Å²) in [5, 5.41) is 0.793. The second-order valence-electron chi connectivity index (χ2n) is 6.50. The molecular weight excluding hydrogens is 350 g/mol. The number of pyridine rings is 1. The van der Waals surface area contributed by atoms with Crippen LogP contribution in [0.15, 0.2) is 41.3 Å². The van der Waals surface area contributed by atoms with Crippen molar-refractivity contribution < 1.29 is 4.74 Å². The van der Waals surface area contributed by atoms with E-state index in [0.717, 1.165) is 32.3 Å². The van der Waals surface area contributed by atoms with Gasteiger partial charge in [0.2, 0.25) is 5.88 Å². The lowest BCUT2D eigenvalue weighted by atomic mass is 9.96. The summed E-state index contributed by atoms with van der Waals surface area (Å²) < 4.78 is 5.43. The lowest BCUT2D eigenvalue weighted by Gasteiger charge is -2.14. The Bertz CT molecular complexity index is 781. The molecule has 25 heavy (non-hydrogen) atoms. The number of halogens is 1. The molecule has 2 nitrogen and oxygen atoms in total. The SMILES string of the molecule is COc1nc(/C(=C/C2CCCC2)c2ccc(SC)c(Cl)c2)ccc1C. The Balaban J connectivity index is 2.08. The number of methoxy groups -OCH3 is 1. The lowest BCUT2D eigenvalue weighted by molar-refractivity contribution is 0.394. The van der Waals surface area contributed by atoms with E-state index in [2.05, 4.69) is 36.4 Å². The number of hydrogen-bond donors (Lipinski definition) is 0. The summed E-state index contributed by atoms with van der Waals surface area (Å²) in [4.78, 5) is 5.84. The number of allylic oxidation sites excluding steroid dienone is 1. The van der Waals surface area contributed by atoms with Crippen LogP contribution in [0.4, 0.5) is 0 Å². The Hall–Kier alpha value is -1.45. The molecule has 1 fully saturated rings. The van der Waals surface area contributed by atoms with Gasteiger partial charge in [-0.2, -0.15) is 0 Å². The summed E-state index contributed by atoms with van der Waals surface area (Å²) in [5.74, 6) is 1.30. The first-order valence-corrected chi connectivity index (χ1v) is 10.3. The van der Waals surface area contributed by atoms with Crippen LogP contribution < -0.4 is 4.74 Å². The Labute approximate surface area is 159 Å². The molecule has 1 aromatic heterocycles. The highest BCUT2D eigenvalue weighted by atomic mass is 35.5. The molecule has 1 heterocycles. The van der Waals surface area contributed by atoms with Gasteiger partial charge in [-0.15, -0.1) is 11.8 Å². The average molecular weight is 374 g/mol. The molecule has 0 atom stereocenters. The predicted octanol–water partition coefficient (Wildman–Crippen LogP) is 6.40. The third-order valence-electron chi connectivity index (χ3n) is 4.78. The lowest BCUT2D eigenvalue weighted by Crippen LogP contribution is -1.99. The van der Waals surface area contributed by atoms with Crippen molar-refractivity contribution >= 4 is 28.9 Å². The van der Waals surface area contributed by atoms with E-state index >= 15 is 0 Å². The van der Waals surface area contributed by atoms with Crippen molar-refractivity contribution in [2.45, 2.75) is 37.5 Å². The van der Waals surface area contributed by atoms with Crippen molar-refractivity contribution in [1.29, 1.82) is 0 Å². The molecule has 0 amide bonds. The molecule has 4 heteroatoms. The Morgan fingerprint density at radius 1 is 1.24 bits per heavy atom. The van der Waals surface area contributed by atoms with Crippen molar-refractivity contribution in [3.05, 3.63) is 58.3 Å². The van der Waals surface area contributed by atoms with Gasteiger partial charge in [0, 0.05) is 16.0 Å². The highest BCUT2D eigenvalue weighted by molar-refractivity contribution is 7.98. The minimum Gasteiger partial charge on any atom is -0.481 e. The fourth-order valence-corrected chi connectivity index (χ4v) is 4.26. The molecular formula is C21H24ClNOS. The zero-order chi connectivity index (χ0) is 17.8. The molecule has 1 aliphatic rings. The maximum absolute atomic E-state index is 6.47. The van der Waals surface area contributed by atoms with E-state index in [-0.39, 0.29) is 0 Å². The second kappa shape index (κ2) is 8.29. The standard InChI is InChI=1S/C21H24ClNOS/c1-14-8-10-19(23-21(14)24-2)17(12-15-6-4-5-7-15)16-9-11-20(25-3)18(22)13-16/h8-13,15H,4-7H2,1-3H3/b17-12+. The van der Waals surface area contributed by atoms with E-state index in [1.807, 2.05) is 13.2 Å². The first-order chi connectivity index (χ1) is 12.1. The number of benzene rings is 1. The first-order valence-electron chi connectivity index (χ1n) is 8.70. The fourth-order valence-electron chi connectivity index (χ4n) is 3.39. The quantitative estimate of drug-likeness (QED) is 0.566. The van der Waals surface area contributed by atoms with Crippen LogP contribution >= 0.6 is 23.4 Å².